The molecule has 1 N–H and O–H groups in total. The van der Waals surface area contributed by atoms with Crippen LogP contribution in [0.3, 0.4) is 0 Å². The van der Waals surface area contributed by atoms with Gasteiger partial charge in [-0.15, -0.1) is 0 Å². The maximum Gasteiger partial charge on any atom is 0.142 e. The molecule has 9 heteroatoms. The molecule has 0 amide bonds. The molecule has 0 radical (unpaired) electrons. The van der Waals surface area contributed by atoms with Crippen LogP contribution in [0.4, 0.5) is 4.39 Å². The molecule has 1 aromatic heterocycles. The number of aromatic nitrogens is 1. The zero-order chi connectivity index (χ0) is 32.8. The Morgan fingerprint density at radius 1 is 1.04 bits per heavy atom. The summed E-state index contributed by atoms with van der Waals surface area (Å²) < 4.78 is 32.6. The van der Waals surface area contributed by atoms with E-state index in [1.54, 1.807) is 12.3 Å². The second kappa shape index (κ2) is 15.2. The van der Waals surface area contributed by atoms with E-state index in [1.165, 1.54) is 17.3 Å². The van der Waals surface area contributed by atoms with Crippen molar-refractivity contribution in [3.8, 4) is 34.4 Å². The number of hydrogen-bond donors (Lipinski definition) is 1. The number of rotatable bonds is 13. The summed E-state index contributed by atoms with van der Waals surface area (Å²) in [6, 6.07) is 20.3. The molecule has 0 saturated carbocycles. The van der Waals surface area contributed by atoms with Crippen LogP contribution in [-0.2, 0) is 19.6 Å². The number of ether oxygens (including phenoxy) is 3. The number of alkyl halides is 1. The van der Waals surface area contributed by atoms with Crippen LogP contribution in [0.2, 0.25) is 5.02 Å². The van der Waals surface area contributed by atoms with Gasteiger partial charge in [0.1, 0.15) is 42.2 Å². The largest absolute Gasteiger partial charge is 0.493 e. The highest BCUT2D eigenvalue weighted by molar-refractivity contribution is 6.32. The topological polar surface area (TPSA) is 79.6 Å². The molecular weight excluding hydrogens is 615 g/mol. The van der Waals surface area contributed by atoms with Gasteiger partial charge in [-0.25, -0.2) is 4.39 Å². The number of pyridine rings is 1. The quantitative estimate of drug-likeness (QED) is 0.148. The van der Waals surface area contributed by atoms with Crippen molar-refractivity contribution >= 4 is 11.6 Å². The molecule has 1 aliphatic carbocycles. The Morgan fingerprint density at radius 3 is 2.70 bits per heavy atom. The molecule has 6 rings (SSSR count). The van der Waals surface area contributed by atoms with Crippen LogP contribution in [0.25, 0.3) is 11.1 Å². The summed E-state index contributed by atoms with van der Waals surface area (Å²) in [5.41, 5.74) is 8.08. The van der Waals surface area contributed by atoms with Crippen LogP contribution in [0.15, 0.2) is 67.0 Å². The first-order valence-electron chi connectivity index (χ1n) is 16.2. The third kappa shape index (κ3) is 7.70. The maximum atomic E-state index is 13.5. The maximum absolute atomic E-state index is 13.5. The molecule has 3 aromatic carbocycles. The number of likely N-dealkylation sites (tertiary alicyclic amines) is 1. The first kappa shape index (κ1) is 32.8. The summed E-state index contributed by atoms with van der Waals surface area (Å²) >= 11 is 6.77. The highest BCUT2D eigenvalue weighted by Crippen LogP contribution is 2.44. The molecule has 2 heterocycles. The third-order valence-electron chi connectivity index (χ3n) is 8.95. The Labute approximate surface area is 281 Å². The van der Waals surface area contributed by atoms with Gasteiger partial charge in [-0.3, -0.25) is 4.98 Å². The Hall–Kier alpha value is -4.16. The molecular formula is C38H40ClFN4O3. The minimum Gasteiger partial charge on any atom is -0.493 e. The Kier molecular flexibility index (Phi) is 10.6. The molecule has 47 heavy (non-hydrogen) atoms. The van der Waals surface area contributed by atoms with E-state index in [2.05, 4.69) is 58.5 Å². The molecule has 0 bridgehead atoms. The normalized spacial score (nSPS) is 17.3. The fraction of sp³-hybridized carbons (Fsp3) is 0.368. The zero-order valence-corrected chi connectivity index (χ0v) is 27.7. The first-order valence-corrected chi connectivity index (χ1v) is 16.6. The Morgan fingerprint density at radius 2 is 1.89 bits per heavy atom. The van der Waals surface area contributed by atoms with E-state index in [4.69, 9.17) is 25.8 Å². The van der Waals surface area contributed by atoms with Crippen LogP contribution >= 0.6 is 11.6 Å². The SMILES string of the molecule is CNCc1cc(Cl)c(O[C@H]2CCc3c(-c4cccc(OCCCN5CC[C@@H](F)C5)c4C)cccc32)cc1OCc1cncc(C#N)c1. The van der Waals surface area contributed by atoms with Crippen LogP contribution in [0, 0.1) is 18.3 Å². The van der Waals surface area contributed by atoms with E-state index in [1.807, 2.05) is 25.2 Å². The molecule has 0 spiro atoms. The monoisotopic (exact) mass is 654 g/mol. The molecule has 7 nitrogen and oxygen atoms in total. The molecule has 2 atom stereocenters. The average molecular weight is 655 g/mol. The molecule has 1 fully saturated rings. The summed E-state index contributed by atoms with van der Waals surface area (Å²) in [4.78, 5) is 6.32. The number of nitrogens with one attached hydrogen (secondary N) is 1. The minimum absolute atomic E-state index is 0.156. The van der Waals surface area contributed by atoms with Crippen LogP contribution in [-0.4, -0.2) is 49.3 Å². The molecule has 244 valence electrons. The molecule has 1 aliphatic heterocycles. The van der Waals surface area contributed by atoms with Crippen molar-refractivity contribution in [1.82, 2.24) is 15.2 Å². The summed E-state index contributed by atoms with van der Waals surface area (Å²) in [6.45, 7) is 5.77. The standard InChI is InChI=1S/C38H40ClFN4O3/c1-25-30(6-4-9-35(25)45-15-5-13-44-14-12-29(40)23-44)31-7-3-8-33-32(31)10-11-36(33)47-38-18-37(28(22-42-2)17-34(38)39)46-24-27-16-26(19-41)20-43-21-27/h3-4,6-9,16-18,20-21,29,36,42H,5,10-15,22-24H2,1-2H3/t29-,36+/m1/s1. The lowest BCUT2D eigenvalue weighted by Crippen LogP contribution is -2.23. The fourth-order valence-electron chi connectivity index (χ4n) is 6.58. The number of nitrogens with zero attached hydrogens (tertiary/aromatic N) is 3. The summed E-state index contributed by atoms with van der Waals surface area (Å²) in [5, 5.41) is 12.9. The fourth-order valence-corrected chi connectivity index (χ4v) is 6.81. The summed E-state index contributed by atoms with van der Waals surface area (Å²) in [7, 11) is 1.87. The van der Waals surface area contributed by atoms with E-state index < -0.39 is 6.17 Å². The van der Waals surface area contributed by atoms with Gasteiger partial charge in [0.15, 0.2) is 0 Å². The number of fused-ring (bicyclic) bond motifs is 1. The Balaban J connectivity index is 1.17. The number of hydrogen-bond acceptors (Lipinski definition) is 7. The second-order valence-corrected chi connectivity index (χ2v) is 12.6. The second-order valence-electron chi connectivity index (χ2n) is 12.2. The van der Waals surface area contributed by atoms with Gasteiger partial charge < -0.3 is 24.4 Å². The lowest BCUT2D eigenvalue weighted by Gasteiger charge is -2.20. The minimum atomic E-state index is -0.692. The highest BCUT2D eigenvalue weighted by atomic mass is 35.5. The van der Waals surface area contributed by atoms with E-state index >= 15 is 0 Å². The van der Waals surface area contributed by atoms with Crippen molar-refractivity contribution in [3.63, 3.8) is 0 Å². The molecule has 0 unspecified atom stereocenters. The van der Waals surface area contributed by atoms with Gasteiger partial charge in [0.2, 0.25) is 0 Å². The zero-order valence-electron chi connectivity index (χ0n) is 26.9. The summed E-state index contributed by atoms with van der Waals surface area (Å²) in [5.74, 6) is 2.11. The number of halogens is 2. The molecule has 4 aromatic rings. The van der Waals surface area contributed by atoms with Gasteiger partial charge in [0.05, 0.1) is 17.2 Å². The third-order valence-corrected chi connectivity index (χ3v) is 9.25. The van der Waals surface area contributed by atoms with E-state index in [-0.39, 0.29) is 12.7 Å². The first-order chi connectivity index (χ1) is 22.9. The van der Waals surface area contributed by atoms with Crippen molar-refractivity contribution in [3.05, 3.63) is 105 Å². The van der Waals surface area contributed by atoms with Gasteiger partial charge in [-0.05, 0) is 85.7 Å². The van der Waals surface area contributed by atoms with Gasteiger partial charge in [0.25, 0.3) is 0 Å². The van der Waals surface area contributed by atoms with Gasteiger partial charge in [-0.2, -0.15) is 5.26 Å². The van der Waals surface area contributed by atoms with Gasteiger partial charge in [-0.1, -0.05) is 41.9 Å². The van der Waals surface area contributed by atoms with E-state index in [0.29, 0.717) is 48.2 Å². The lowest BCUT2D eigenvalue weighted by molar-refractivity contribution is 0.206. The van der Waals surface area contributed by atoms with Crippen molar-refractivity contribution < 1.29 is 18.6 Å². The van der Waals surface area contributed by atoms with Crippen molar-refractivity contribution in [2.45, 2.75) is 58.0 Å². The van der Waals surface area contributed by atoms with Gasteiger partial charge in [0, 0.05) is 55.8 Å². The predicted octanol–water partition coefficient (Wildman–Crippen LogP) is 7.76. The molecule has 2 aliphatic rings. The van der Waals surface area contributed by atoms with Crippen LogP contribution < -0.4 is 19.5 Å². The smallest absolute Gasteiger partial charge is 0.142 e. The van der Waals surface area contributed by atoms with Crippen molar-refractivity contribution in [2.75, 3.05) is 33.3 Å². The summed E-state index contributed by atoms with van der Waals surface area (Å²) in [6.07, 6.45) is 5.59. The number of nitriles is 1. The van der Waals surface area contributed by atoms with Crippen molar-refractivity contribution in [1.29, 1.82) is 5.26 Å². The van der Waals surface area contributed by atoms with Crippen molar-refractivity contribution in [2.24, 2.45) is 0 Å². The van der Waals surface area contributed by atoms with Crippen LogP contribution in [0.1, 0.15) is 58.7 Å². The van der Waals surface area contributed by atoms with E-state index in [0.717, 1.165) is 65.9 Å². The average Bonchev–Trinajstić information content (AvgIpc) is 3.70. The predicted molar refractivity (Wildman–Crippen MR) is 182 cm³/mol. The van der Waals surface area contributed by atoms with Gasteiger partial charge >= 0.3 is 0 Å². The number of benzene rings is 3. The van der Waals surface area contributed by atoms with Crippen LogP contribution in [0.5, 0.6) is 17.2 Å². The van der Waals surface area contributed by atoms with E-state index in [9.17, 15) is 9.65 Å². The lowest BCUT2D eigenvalue weighted by atomic mass is 9.93. The molecule has 1 saturated heterocycles. The highest BCUT2D eigenvalue weighted by Gasteiger charge is 2.28. The Bertz CT molecular complexity index is 1760.